The molecule has 0 radical (unpaired) electrons. The first kappa shape index (κ1) is 14.7. The van der Waals surface area contributed by atoms with E-state index in [4.69, 9.17) is 0 Å². The topological polar surface area (TPSA) is 50.2 Å². The fourth-order valence-electron chi connectivity index (χ4n) is 1.87. The zero-order valence-corrected chi connectivity index (χ0v) is 11.6. The maximum Gasteiger partial charge on any atom is 0.293 e. The van der Waals surface area contributed by atoms with Gasteiger partial charge < -0.3 is 14.8 Å². The van der Waals surface area contributed by atoms with Crippen molar-refractivity contribution < 1.29 is 0 Å². The fraction of sp³-hybridized carbons (Fsp3) is 0.692. The number of aromatic nitrogens is 2. The predicted molar refractivity (Wildman–Crippen MR) is 75.1 cm³/mol. The summed E-state index contributed by atoms with van der Waals surface area (Å²) in [5.41, 5.74) is -0.0390. The van der Waals surface area contributed by atoms with Gasteiger partial charge in [-0.3, -0.25) is 4.79 Å². The molecule has 18 heavy (non-hydrogen) atoms. The first-order valence-electron chi connectivity index (χ1n) is 6.74. The van der Waals surface area contributed by atoms with Crippen molar-refractivity contribution in [2.24, 2.45) is 0 Å². The molecule has 0 aliphatic heterocycles. The summed E-state index contributed by atoms with van der Waals surface area (Å²) in [5.74, 6) is 0.457. The van der Waals surface area contributed by atoms with Crippen molar-refractivity contribution in [3.05, 3.63) is 22.7 Å². The molecule has 0 spiro atoms. The molecule has 5 heteroatoms. The zero-order chi connectivity index (χ0) is 13.4. The lowest BCUT2D eigenvalue weighted by Crippen LogP contribution is -2.27. The minimum Gasteiger partial charge on any atom is -0.365 e. The molecule has 102 valence electrons. The number of hydrogen-bond donors (Lipinski definition) is 1. The molecule has 0 fully saturated rings. The van der Waals surface area contributed by atoms with Gasteiger partial charge in [0.15, 0.2) is 5.82 Å². The molecule has 0 saturated carbocycles. The molecule has 0 bridgehead atoms. The third-order valence-electron chi connectivity index (χ3n) is 3.09. The van der Waals surface area contributed by atoms with Crippen LogP contribution < -0.4 is 10.9 Å². The Balaban J connectivity index is 2.42. The fourth-order valence-corrected chi connectivity index (χ4v) is 1.87. The standard InChI is InChI=1S/C13H24N4O/c1-4-16(5-2)10-7-8-14-12-13(18)17(6-3)11-9-15-12/h9,11H,4-8,10H2,1-3H3,(H,14,15). The Kier molecular flexibility index (Phi) is 6.43. The Bertz CT molecular complexity index is 398. The van der Waals surface area contributed by atoms with E-state index in [1.807, 2.05) is 6.92 Å². The van der Waals surface area contributed by atoms with Gasteiger partial charge in [0.1, 0.15) is 0 Å². The van der Waals surface area contributed by atoms with Gasteiger partial charge in [-0.2, -0.15) is 0 Å². The third kappa shape index (κ3) is 4.14. The van der Waals surface area contributed by atoms with E-state index < -0.39 is 0 Å². The van der Waals surface area contributed by atoms with E-state index in [1.165, 1.54) is 0 Å². The Morgan fingerprint density at radius 1 is 1.33 bits per heavy atom. The summed E-state index contributed by atoms with van der Waals surface area (Å²) in [6, 6.07) is 0. The van der Waals surface area contributed by atoms with Crippen molar-refractivity contribution in [1.82, 2.24) is 14.5 Å². The molecule has 0 atom stereocenters. The van der Waals surface area contributed by atoms with E-state index in [0.29, 0.717) is 12.4 Å². The molecule has 5 nitrogen and oxygen atoms in total. The minimum atomic E-state index is -0.0390. The molecular weight excluding hydrogens is 228 g/mol. The highest BCUT2D eigenvalue weighted by Crippen LogP contribution is 1.95. The number of anilines is 1. The van der Waals surface area contributed by atoms with Crippen LogP contribution in [0.5, 0.6) is 0 Å². The molecule has 0 amide bonds. The quantitative estimate of drug-likeness (QED) is 0.711. The molecule has 0 aliphatic carbocycles. The van der Waals surface area contributed by atoms with Crippen LogP contribution in [0.2, 0.25) is 0 Å². The Morgan fingerprint density at radius 3 is 2.67 bits per heavy atom. The lowest BCUT2D eigenvalue weighted by Gasteiger charge is -2.17. The molecule has 0 unspecified atom stereocenters. The summed E-state index contributed by atoms with van der Waals surface area (Å²) in [5, 5.41) is 3.12. The van der Waals surface area contributed by atoms with Crippen LogP contribution in [0.25, 0.3) is 0 Å². The van der Waals surface area contributed by atoms with Gasteiger partial charge in [0.25, 0.3) is 5.56 Å². The zero-order valence-electron chi connectivity index (χ0n) is 11.6. The monoisotopic (exact) mass is 252 g/mol. The van der Waals surface area contributed by atoms with E-state index in [1.54, 1.807) is 17.0 Å². The van der Waals surface area contributed by atoms with Crippen LogP contribution in [-0.2, 0) is 6.54 Å². The van der Waals surface area contributed by atoms with Gasteiger partial charge in [-0.15, -0.1) is 0 Å². The van der Waals surface area contributed by atoms with Crippen molar-refractivity contribution in [2.75, 3.05) is 31.5 Å². The number of aryl methyl sites for hydroxylation is 1. The van der Waals surface area contributed by atoms with Crippen LogP contribution >= 0.6 is 0 Å². The molecule has 1 rings (SSSR count). The second kappa shape index (κ2) is 7.87. The molecule has 0 saturated heterocycles. The highest BCUT2D eigenvalue weighted by Gasteiger charge is 2.03. The highest BCUT2D eigenvalue weighted by molar-refractivity contribution is 5.30. The molecule has 1 aromatic heterocycles. The maximum atomic E-state index is 11.9. The van der Waals surface area contributed by atoms with Gasteiger partial charge in [-0.05, 0) is 33.0 Å². The first-order valence-corrected chi connectivity index (χ1v) is 6.74. The van der Waals surface area contributed by atoms with E-state index in [-0.39, 0.29) is 5.56 Å². The van der Waals surface area contributed by atoms with E-state index in [0.717, 1.165) is 32.6 Å². The van der Waals surface area contributed by atoms with E-state index in [2.05, 4.69) is 29.0 Å². The normalized spacial score (nSPS) is 10.9. The molecule has 0 aromatic carbocycles. The summed E-state index contributed by atoms with van der Waals surface area (Å²) in [4.78, 5) is 18.3. The van der Waals surface area contributed by atoms with Crippen LogP contribution in [-0.4, -0.2) is 40.6 Å². The third-order valence-corrected chi connectivity index (χ3v) is 3.09. The van der Waals surface area contributed by atoms with Gasteiger partial charge in [0, 0.05) is 25.5 Å². The minimum absolute atomic E-state index is 0.0390. The Labute approximate surface area is 109 Å². The van der Waals surface area contributed by atoms with Crippen LogP contribution in [0, 0.1) is 0 Å². The Morgan fingerprint density at radius 2 is 2.06 bits per heavy atom. The molecular formula is C13H24N4O. The van der Waals surface area contributed by atoms with E-state index in [9.17, 15) is 4.79 Å². The first-order chi connectivity index (χ1) is 8.72. The number of hydrogen-bond acceptors (Lipinski definition) is 4. The van der Waals surface area contributed by atoms with Crippen molar-refractivity contribution >= 4 is 5.82 Å². The van der Waals surface area contributed by atoms with Crippen molar-refractivity contribution in [1.29, 1.82) is 0 Å². The number of rotatable bonds is 8. The van der Waals surface area contributed by atoms with Crippen molar-refractivity contribution in [3.63, 3.8) is 0 Å². The molecule has 0 aliphatic rings. The van der Waals surface area contributed by atoms with Crippen LogP contribution in [0.4, 0.5) is 5.82 Å². The van der Waals surface area contributed by atoms with Crippen LogP contribution in [0.3, 0.4) is 0 Å². The maximum absolute atomic E-state index is 11.9. The van der Waals surface area contributed by atoms with Gasteiger partial charge in [-0.1, -0.05) is 13.8 Å². The average molecular weight is 252 g/mol. The van der Waals surface area contributed by atoms with Crippen molar-refractivity contribution in [2.45, 2.75) is 33.7 Å². The van der Waals surface area contributed by atoms with Gasteiger partial charge in [0.2, 0.25) is 0 Å². The second-order valence-electron chi connectivity index (χ2n) is 4.17. The van der Waals surface area contributed by atoms with Crippen molar-refractivity contribution in [3.8, 4) is 0 Å². The summed E-state index contributed by atoms with van der Waals surface area (Å²) in [7, 11) is 0. The van der Waals surface area contributed by atoms with Crippen LogP contribution in [0.1, 0.15) is 27.2 Å². The number of nitrogens with zero attached hydrogens (tertiary/aromatic N) is 3. The average Bonchev–Trinajstić information content (AvgIpc) is 2.40. The smallest absolute Gasteiger partial charge is 0.293 e. The molecule has 1 aromatic rings. The van der Waals surface area contributed by atoms with Gasteiger partial charge in [-0.25, -0.2) is 4.98 Å². The van der Waals surface area contributed by atoms with E-state index >= 15 is 0 Å². The summed E-state index contributed by atoms with van der Waals surface area (Å²) >= 11 is 0. The Hall–Kier alpha value is -1.36. The molecule has 1 N–H and O–H groups in total. The summed E-state index contributed by atoms with van der Waals surface area (Å²) < 4.78 is 1.65. The highest BCUT2D eigenvalue weighted by atomic mass is 16.1. The second-order valence-corrected chi connectivity index (χ2v) is 4.17. The number of nitrogens with one attached hydrogen (secondary N) is 1. The largest absolute Gasteiger partial charge is 0.365 e. The predicted octanol–water partition coefficient (Wildman–Crippen LogP) is 1.41. The lowest BCUT2D eigenvalue weighted by molar-refractivity contribution is 0.303. The summed E-state index contributed by atoms with van der Waals surface area (Å²) in [6.07, 6.45) is 4.39. The van der Waals surface area contributed by atoms with Gasteiger partial charge >= 0.3 is 0 Å². The summed E-state index contributed by atoms with van der Waals surface area (Å²) in [6.45, 7) is 10.9. The van der Waals surface area contributed by atoms with Crippen LogP contribution in [0.15, 0.2) is 17.2 Å². The van der Waals surface area contributed by atoms with Gasteiger partial charge in [0.05, 0.1) is 0 Å². The molecule has 1 heterocycles. The lowest BCUT2D eigenvalue weighted by atomic mass is 10.3. The SMILES string of the molecule is CCN(CC)CCCNc1nccn(CC)c1=O.